The van der Waals surface area contributed by atoms with E-state index < -0.39 is 10.0 Å². The van der Waals surface area contributed by atoms with Gasteiger partial charge in [-0.3, -0.25) is 9.36 Å². The maximum Gasteiger partial charge on any atom is 0.256 e. The van der Waals surface area contributed by atoms with E-state index in [0.717, 1.165) is 22.9 Å². The molecule has 2 aromatic carbocycles. The first kappa shape index (κ1) is 20.5. The Labute approximate surface area is 176 Å². The van der Waals surface area contributed by atoms with Crippen LogP contribution in [0.25, 0.3) is 11.1 Å². The van der Waals surface area contributed by atoms with E-state index in [-0.39, 0.29) is 17.6 Å². The Balaban J connectivity index is 1.75. The fourth-order valence-electron chi connectivity index (χ4n) is 4.18. The summed E-state index contributed by atoms with van der Waals surface area (Å²) < 4.78 is 28.4. The van der Waals surface area contributed by atoms with E-state index >= 15 is 0 Å². The maximum atomic E-state index is 13.0. The second kappa shape index (κ2) is 8.16. The molecule has 7 heteroatoms. The molecule has 0 saturated carbocycles. The lowest BCUT2D eigenvalue weighted by atomic mass is 9.91. The van der Waals surface area contributed by atoms with E-state index in [1.165, 1.54) is 0 Å². The number of nitrogens with zero attached hydrogens (tertiary/aromatic N) is 2. The van der Waals surface area contributed by atoms with Crippen molar-refractivity contribution in [1.82, 2.24) is 14.3 Å². The Hall–Kier alpha value is -2.77. The normalized spacial score (nSPS) is 18.7. The van der Waals surface area contributed by atoms with Crippen LogP contribution in [0, 0.1) is 6.92 Å². The summed E-state index contributed by atoms with van der Waals surface area (Å²) in [7, 11) is -3.41. The van der Waals surface area contributed by atoms with Gasteiger partial charge >= 0.3 is 0 Å². The first-order valence-electron chi connectivity index (χ1n) is 10.0. The van der Waals surface area contributed by atoms with Crippen molar-refractivity contribution in [2.45, 2.75) is 38.3 Å². The Bertz CT molecular complexity index is 1220. The Kier molecular flexibility index (Phi) is 5.58. The van der Waals surface area contributed by atoms with Crippen molar-refractivity contribution in [3.8, 4) is 11.1 Å². The van der Waals surface area contributed by atoms with Gasteiger partial charge in [0.2, 0.25) is 10.0 Å². The van der Waals surface area contributed by atoms with Gasteiger partial charge in [-0.1, -0.05) is 54.6 Å². The summed E-state index contributed by atoms with van der Waals surface area (Å²) >= 11 is 0. The van der Waals surface area contributed by atoms with E-state index in [1.807, 2.05) is 30.3 Å². The van der Waals surface area contributed by atoms with Gasteiger partial charge in [0.1, 0.15) is 5.82 Å². The summed E-state index contributed by atoms with van der Waals surface area (Å²) in [5.74, 6) is 0.710. The lowest BCUT2D eigenvalue weighted by Gasteiger charge is -2.35. The standard InChI is InChI=1S/C23H25N3O3S/c1-16-15-24-22-12-11-20(25-30(2,28)29)21(26(22)23(16)27)14-17-7-6-10-19(13-17)18-8-4-3-5-9-18/h3-10,13,15,20-21,25H,11-12,14H2,1-2H3/t20-,21-/m0/s1. The Morgan fingerprint density at radius 3 is 2.57 bits per heavy atom. The molecule has 2 atom stereocenters. The molecule has 6 nitrogen and oxygen atoms in total. The van der Waals surface area contributed by atoms with E-state index in [1.54, 1.807) is 17.7 Å². The van der Waals surface area contributed by atoms with E-state index in [0.29, 0.717) is 30.7 Å². The first-order valence-corrected chi connectivity index (χ1v) is 11.9. The zero-order valence-corrected chi connectivity index (χ0v) is 17.9. The minimum absolute atomic E-state index is 0.107. The monoisotopic (exact) mass is 423 g/mol. The fourth-order valence-corrected chi connectivity index (χ4v) is 5.00. The van der Waals surface area contributed by atoms with Crippen molar-refractivity contribution in [1.29, 1.82) is 0 Å². The predicted molar refractivity (Wildman–Crippen MR) is 118 cm³/mol. The molecule has 0 spiro atoms. The van der Waals surface area contributed by atoms with Crippen LogP contribution in [-0.4, -0.2) is 30.3 Å². The van der Waals surface area contributed by atoms with Crippen LogP contribution in [0.1, 0.15) is 29.4 Å². The summed E-state index contributed by atoms with van der Waals surface area (Å²) in [5, 5.41) is 0. The highest BCUT2D eigenvalue weighted by Gasteiger charge is 2.33. The third kappa shape index (κ3) is 4.37. The molecule has 30 heavy (non-hydrogen) atoms. The number of hydrogen-bond acceptors (Lipinski definition) is 4. The van der Waals surface area contributed by atoms with Crippen LogP contribution < -0.4 is 10.3 Å². The molecule has 2 heterocycles. The summed E-state index contributed by atoms with van der Waals surface area (Å²) in [6, 6.07) is 17.6. The van der Waals surface area contributed by atoms with Crippen LogP contribution in [0.15, 0.2) is 65.6 Å². The van der Waals surface area contributed by atoms with Crippen molar-refractivity contribution < 1.29 is 8.42 Å². The summed E-state index contributed by atoms with van der Waals surface area (Å²) in [5.41, 5.74) is 3.70. The largest absolute Gasteiger partial charge is 0.291 e. The average Bonchev–Trinajstić information content (AvgIpc) is 2.72. The summed E-state index contributed by atoms with van der Waals surface area (Å²) in [6.45, 7) is 1.74. The predicted octanol–water partition coefficient (Wildman–Crippen LogP) is 2.87. The number of benzene rings is 2. The average molecular weight is 424 g/mol. The molecule has 0 amide bonds. The minimum Gasteiger partial charge on any atom is -0.291 e. The number of aromatic nitrogens is 2. The number of fused-ring (bicyclic) bond motifs is 1. The minimum atomic E-state index is -3.41. The van der Waals surface area contributed by atoms with Crippen molar-refractivity contribution >= 4 is 10.0 Å². The van der Waals surface area contributed by atoms with Crippen LogP contribution in [-0.2, 0) is 22.9 Å². The second-order valence-corrected chi connectivity index (χ2v) is 9.69. The molecule has 0 bridgehead atoms. The molecule has 0 aliphatic carbocycles. The van der Waals surface area contributed by atoms with Crippen LogP contribution in [0.2, 0.25) is 0 Å². The van der Waals surface area contributed by atoms with Crippen molar-refractivity contribution in [3.63, 3.8) is 0 Å². The first-order chi connectivity index (χ1) is 14.3. The highest BCUT2D eigenvalue weighted by molar-refractivity contribution is 7.88. The van der Waals surface area contributed by atoms with Crippen molar-refractivity contribution in [2.24, 2.45) is 0 Å². The van der Waals surface area contributed by atoms with Gasteiger partial charge in [-0.25, -0.2) is 18.1 Å². The zero-order valence-electron chi connectivity index (χ0n) is 17.1. The van der Waals surface area contributed by atoms with Gasteiger partial charge < -0.3 is 0 Å². The molecular formula is C23H25N3O3S. The third-order valence-electron chi connectivity index (χ3n) is 5.56. The lowest BCUT2D eigenvalue weighted by molar-refractivity contribution is 0.307. The smallest absolute Gasteiger partial charge is 0.256 e. The fraction of sp³-hybridized carbons (Fsp3) is 0.304. The number of hydrogen-bond donors (Lipinski definition) is 1. The molecule has 0 unspecified atom stereocenters. The molecule has 3 aromatic rings. The van der Waals surface area contributed by atoms with Crippen molar-refractivity contribution in [3.05, 3.63) is 88.1 Å². The van der Waals surface area contributed by atoms with Crippen LogP contribution in [0.3, 0.4) is 0 Å². The van der Waals surface area contributed by atoms with Crippen LogP contribution in [0.5, 0.6) is 0 Å². The zero-order chi connectivity index (χ0) is 21.3. The Morgan fingerprint density at radius 1 is 1.10 bits per heavy atom. The van der Waals surface area contributed by atoms with Crippen molar-refractivity contribution in [2.75, 3.05) is 6.26 Å². The summed E-state index contributed by atoms with van der Waals surface area (Å²) in [4.78, 5) is 17.4. The molecular weight excluding hydrogens is 398 g/mol. The molecule has 1 aromatic heterocycles. The number of rotatable bonds is 5. The second-order valence-electron chi connectivity index (χ2n) is 7.91. The van der Waals surface area contributed by atoms with Gasteiger partial charge in [-0.2, -0.15) is 0 Å². The highest BCUT2D eigenvalue weighted by atomic mass is 32.2. The molecule has 4 rings (SSSR count). The number of aryl methyl sites for hydroxylation is 2. The van der Waals surface area contributed by atoms with Gasteiger partial charge in [0.25, 0.3) is 5.56 Å². The van der Waals surface area contributed by atoms with Gasteiger partial charge in [0.15, 0.2) is 0 Å². The molecule has 1 aliphatic rings. The SMILES string of the molecule is Cc1cnc2n(c1=O)[C@@H](Cc1cccc(-c3ccccc3)c1)[C@@H](NS(C)(=O)=O)CC2. The number of sulfonamides is 1. The maximum absolute atomic E-state index is 13.0. The van der Waals surface area contributed by atoms with Crippen LogP contribution >= 0.6 is 0 Å². The van der Waals surface area contributed by atoms with Gasteiger partial charge in [0, 0.05) is 24.2 Å². The summed E-state index contributed by atoms with van der Waals surface area (Å²) in [6.07, 6.45) is 4.46. The quantitative estimate of drug-likeness (QED) is 0.684. The Morgan fingerprint density at radius 2 is 1.83 bits per heavy atom. The molecule has 1 aliphatic heterocycles. The van der Waals surface area contributed by atoms with Crippen LogP contribution in [0.4, 0.5) is 0 Å². The van der Waals surface area contributed by atoms with Gasteiger partial charge in [0.05, 0.1) is 12.3 Å². The third-order valence-corrected chi connectivity index (χ3v) is 6.29. The molecule has 156 valence electrons. The topological polar surface area (TPSA) is 81.1 Å². The molecule has 1 N–H and O–H groups in total. The molecule has 0 saturated heterocycles. The molecule has 0 radical (unpaired) electrons. The lowest BCUT2D eigenvalue weighted by Crippen LogP contribution is -2.49. The number of nitrogens with one attached hydrogen (secondary N) is 1. The van der Waals surface area contributed by atoms with Gasteiger partial charge in [-0.05, 0) is 36.5 Å². The van der Waals surface area contributed by atoms with Gasteiger partial charge in [-0.15, -0.1) is 0 Å². The highest BCUT2D eigenvalue weighted by Crippen LogP contribution is 2.28. The molecule has 0 fully saturated rings. The van der Waals surface area contributed by atoms with E-state index in [9.17, 15) is 13.2 Å². The van der Waals surface area contributed by atoms with E-state index in [2.05, 4.69) is 34.0 Å². The van der Waals surface area contributed by atoms with E-state index in [4.69, 9.17) is 0 Å².